The Kier molecular flexibility index (Phi) is 6.20. The molecule has 10 heteroatoms. The van der Waals surface area contributed by atoms with E-state index in [-0.39, 0.29) is 11.3 Å². The molecule has 148 valence electrons. The Labute approximate surface area is 145 Å². The number of rotatable bonds is 6. The number of alkyl halides is 7. The maximum atomic E-state index is 13.6. The molecule has 0 heterocycles. The molecule has 0 fully saturated rings. The SMILES string of the molecule is COc1cccc(C)c1CC(C)N(C)C(=O)C(F)(F)C(F)(F)C(F)(F)F. The topological polar surface area (TPSA) is 29.5 Å². The summed E-state index contributed by atoms with van der Waals surface area (Å²) in [6, 6.07) is 3.82. The predicted octanol–water partition coefficient (Wildman–Crippen LogP) is 4.23. The molecule has 0 N–H and O–H groups in total. The van der Waals surface area contributed by atoms with Crippen LogP contribution in [-0.2, 0) is 11.2 Å². The van der Waals surface area contributed by atoms with Gasteiger partial charge in [-0.1, -0.05) is 12.1 Å². The summed E-state index contributed by atoms with van der Waals surface area (Å²) in [4.78, 5) is 11.9. The molecule has 1 unspecified atom stereocenters. The molecule has 0 aliphatic carbocycles. The second-order valence-corrected chi connectivity index (χ2v) is 5.87. The van der Waals surface area contributed by atoms with Gasteiger partial charge in [0.1, 0.15) is 5.75 Å². The van der Waals surface area contributed by atoms with E-state index in [1.165, 1.54) is 14.0 Å². The van der Waals surface area contributed by atoms with Crippen LogP contribution in [0.1, 0.15) is 18.1 Å². The number of amides is 1. The molecule has 1 aromatic rings. The van der Waals surface area contributed by atoms with Crippen molar-refractivity contribution in [3.05, 3.63) is 29.3 Å². The van der Waals surface area contributed by atoms with Crippen LogP contribution in [0.4, 0.5) is 30.7 Å². The predicted molar refractivity (Wildman–Crippen MR) is 79.6 cm³/mol. The van der Waals surface area contributed by atoms with Gasteiger partial charge in [0.2, 0.25) is 0 Å². The average Bonchev–Trinajstić information content (AvgIpc) is 2.53. The van der Waals surface area contributed by atoms with E-state index >= 15 is 0 Å². The lowest BCUT2D eigenvalue weighted by molar-refractivity contribution is -0.346. The zero-order valence-corrected chi connectivity index (χ0v) is 14.4. The minimum Gasteiger partial charge on any atom is -0.496 e. The number of carbonyl (C=O) groups is 1. The summed E-state index contributed by atoms with van der Waals surface area (Å²) in [6.07, 6.45) is -6.64. The number of hydrogen-bond acceptors (Lipinski definition) is 2. The molecule has 26 heavy (non-hydrogen) atoms. The quantitative estimate of drug-likeness (QED) is 0.682. The zero-order chi connectivity index (χ0) is 20.5. The fraction of sp³-hybridized carbons (Fsp3) is 0.562. The second-order valence-electron chi connectivity index (χ2n) is 5.87. The fourth-order valence-electron chi connectivity index (χ4n) is 2.29. The Morgan fingerprint density at radius 3 is 2.15 bits per heavy atom. The first-order chi connectivity index (χ1) is 11.7. The first kappa shape index (κ1) is 22.0. The van der Waals surface area contributed by atoms with Crippen LogP contribution in [0.15, 0.2) is 18.2 Å². The fourth-order valence-corrected chi connectivity index (χ4v) is 2.29. The van der Waals surface area contributed by atoms with E-state index in [2.05, 4.69) is 0 Å². The highest BCUT2D eigenvalue weighted by molar-refractivity contribution is 5.85. The molecule has 3 nitrogen and oxygen atoms in total. The minimum absolute atomic E-state index is 0.0776. The summed E-state index contributed by atoms with van der Waals surface area (Å²) in [6.45, 7) is 2.93. The van der Waals surface area contributed by atoms with Crippen LogP contribution in [0, 0.1) is 6.92 Å². The van der Waals surface area contributed by atoms with Crippen LogP contribution in [-0.4, -0.2) is 49.0 Å². The van der Waals surface area contributed by atoms with Crippen molar-refractivity contribution < 1.29 is 40.3 Å². The van der Waals surface area contributed by atoms with Gasteiger partial charge in [0.15, 0.2) is 0 Å². The third kappa shape index (κ3) is 3.88. The van der Waals surface area contributed by atoms with Crippen molar-refractivity contribution in [1.82, 2.24) is 4.90 Å². The maximum Gasteiger partial charge on any atom is 0.460 e. The number of benzene rings is 1. The van der Waals surface area contributed by atoms with Gasteiger partial charge in [0.05, 0.1) is 7.11 Å². The third-order valence-corrected chi connectivity index (χ3v) is 4.09. The van der Waals surface area contributed by atoms with Crippen molar-refractivity contribution in [3.63, 3.8) is 0 Å². The lowest BCUT2D eigenvalue weighted by Crippen LogP contribution is -2.60. The number of likely N-dealkylation sites (N-methyl/N-ethyl adjacent to an activating group) is 1. The highest BCUT2D eigenvalue weighted by Crippen LogP contribution is 2.47. The van der Waals surface area contributed by atoms with Gasteiger partial charge < -0.3 is 9.64 Å². The number of carbonyl (C=O) groups excluding carboxylic acids is 1. The number of methoxy groups -OCH3 is 1. The van der Waals surface area contributed by atoms with E-state index in [1.807, 2.05) is 0 Å². The van der Waals surface area contributed by atoms with Crippen molar-refractivity contribution >= 4 is 5.91 Å². The van der Waals surface area contributed by atoms with Gasteiger partial charge in [-0.2, -0.15) is 30.7 Å². The highest BCUT2D eigenvalue weighted by Gasteiger charge is 2.76. The van der Waals surface area contributed by atoms with Crippen molar-refractivity contribution in [2.45, 2.75) is 44.3 Å². The average molecular weight is 389 g/mol. The molecule has 1 rings (SSSR count). The molecule has 1 aromatic carbocycles. The molecule has 0 aromatic heterocycles. The minimum atomic E-state index is -6.56. The van der Waals surface area contributed by atoms with E-state index in [0.29, 0.717) is 16.9 Å². The molecular weight excluding hydrogens is 371 g/mol. The molecule has 0 aliphatic rings. The molecule has 1 amide bonds. The Morgan fingerprint density at radius 1 is 1.15 bits per heavy atom. The zero-order valence-electron chi connectivity index (χ0n) is 14.4. The molecule has 0 radical (unpaired) electrons. The summed E-state index contributed by atoms with van der Waals surface area (Å²) < 4.78 is 95.1. The highest BCUT2D eigenvalue weighted by atomic mass is 19.4. The summed E-state index contributed by atoms with van der Waals surface area (Å²) >= 11 is 0. The van der Waals surface area contributed by atoms with E-state index in [1.54, 1.807) is 25.1 Å². The van der Waals surface area contributed by atoms with Gasteiger partial charge in [-0.25, -0.2) is 0 Å². The van der Waals surface area contributed by atoms with Crippen LogP contribution in [0.25, 0.3) is 0 Å². The Morgan fingerprint density at radius 2 is 1.69 bits per heavy atom. The number of hydrogen-bond donors (Lipinski definition) is 0. The largest absolute Gasteiger partial charge is 0.496 e. The monoisotopic (exact) mass is 389 g/mol. The van der Waals surface area contributed by atoms with Gasteiger partial charge in [0, 0.05) is 13.1 Å². The number of halogens is 7. The number of ether oxygens (including phenoxy) is 1. The van der Waals surface area contributed by atoms with Gasteiger partial charge in [-0.05, 0) is 37.5 Å². The van der Waals surface area contributed by atoms with Crippen LogP contribution in [0.3, 0.4) is 0 Å². The first-order valence-electron chi connectivity index (χ1n) is 7.40. The summed E-state index contributed by atoms with van der Waals surface area (Å²) in [5, 5.41) is 0. The first-order valence-corrected chi connectivity index (χ1v) is 7.40. The maximum absolute atomic E-state index is 13.6. The number of aryl methyl sites for hydroxylation is 1. The standard InChI is InChI=1S/C16H18F7NO2/c1-9-6-5-7-12(26-4)11(9)8-10(2)24(3)13(25)14(17,18)15(19,20)16(21,22)23/h5-7,10H,8H2,1-4H3. The summed E-state index contributed by atoms with van der Waals surface area (Å²) in [5.41, 5.74) is 1.21. The molecule has 1 atom stereocenters. The van der Waals surface area contributed by atoms with Gasteiger partial charge in [0.25, 0.3) is 5.91 Å². The normalized spacial score (nSPS) is 14.1. The summed E-state index contributed by atoms with van der Waals surface area (Å²) in [5.74, 6) is -14.6. The van der Waals surface area contributed by atoms with Gasteiger partial charge in [-0.3, -0.25) is 4.79 Å². The van der Waals surface area contributed by atoms with Crippen molar-refractivity contribution in [2.75, 3.05) is 14.2 Å². The summed E-state index contributed by atoms with van der Waals surface area (Å²) in [7, 11) is 2.11. The van der Waals surface area contributed by atoms with Crippen LogP contribution in [0.2, 0.25) is 0 Å². The lowest BCUT2D eigenvalue weighted by atomic mass is 9.99. The van der Waals surface area contributed by atoms with E-state index in [9.17, 15) is 35.5 Å². The molecular formula is C16H18F7NO2. The Balaban J connectivity index is 3.09. The smallest absolute Gasteiger partial charge is 0.460 e. The van der Waals surface area contributed by atoms with E-state index in [4.69, 9.17) is 4.74 Å². The number of nitrogens with zero attached hydrogens (tertiary/aromatic N) is 1. The van der Waals surface area contributed by atoms with Crippen molar-refractivity contribution in [2.24, 2.45) is 0 Å². The third-order valence-electron chi connectivity index (χ3n) is 4.09. The second kappa shape index (κ2) is 7.32. The van der Waals surface area contributed by atoms with Crippen molar-refractivity contribution in [1.29, 1.82) is 0 Å². The Bertz CT molecular complexity index is 658. The van der Waals surface area contributed by atoms with Crippen LogP contribution >= 0.6 is 0 Å². The van der Waals surface area contributed by atoms with Gasteiger partial charge in [-0.15, -0.1) is 0 Å². The van der Waals surface area contributed by atoms with Gasteiger partial charge >= 0.3 is 18.0 Å². The molecule has 0 bridgehead atoms. The van der Waals surface area contributed by atoms with Crippen LogP contribution < -0.4 is 4.74 Å². The molecule has 0 spiro atoms. The van der Waals surface area contributed by atoms with E-state index in [0.717, 1.165) is 7.05 Å². The van der Waals surface area contributed by atoms with Crippen LogP contribution in [0.5, 0.6) is 5.75 Å². The lowest BCUT2D eigenvalue weighted by Gasteiger charge is -2.33. The van der Waals surface area contributed by atoms with Crippen molar-refractivity contribution in [3.8, 4) is 5.75 Å². The molecule has 0 saturated carbocycles. The van der Waals surface area contributed by atoms with E-state index < -0.39 is 30.0 Å². The molecule has 0 aliphatic heterocycles. The molecule has 0 saturated heterocycles. The Hall–Kier alpha value is -2.00.